The molecule has 2 N–H and O–H groups in total. The van der Waals surface area contributed by atoms with Gasteiger partial charge in [0, 0.05) is 10.4 Å². The zero-order valence-electron chi connectivity index (χ0n) is 17.4. The van der Waals surface area contributed by atoms with E-state index in [0.717, 1.165) is 35.2 Å². The Kier molecular flexibility index (Phi) is 4.85. The number of aromatic nitrogens is 2. The lowest BCUT2D eigenvalue weighted by atomic mass is 9.72. The summed E-state index contributed by atoms with van der Waals surface area (Å²) in [6.45, 7) is 8.51. The van der Waals surface area contributed by atoms with Crippen LogP contribution in [0.2, 0.25) is 0 Å². The minimum atomic E-state index is -0.768. The monoisotopic (exact) mass is 409 g/mol. The summed E-state index contributed by atoms with van der Waals surface area (Å²) in [5.74, 6) is 0.547. The van der Waals surface area contributed by atoms with Crippen LogP contribution in [0.4, 0.5) is 0 Å². The van der Waals surface area contributed by atoms with Gasteiger partial charge in [0.2, 0.25) is 5.91 Å². The highest BCUT2D eigenvalue weighted by molar-refractivity contribution is 7.18. The van der Waals surface area contributed by atoms with Crippen molar-refractivity contribution in [2.45, 2.75) is 53.0 Å². The number of carbonyl (C=O) groups is 1. The van der Waals surface area contributed by atoms with E-state index in [-0.39, 0.29) is 11.0 Å². The van der Waals surface area contributed by atoms with E-state index in [1.807, 2.05) is 30.3 Å². The molecule has 1 aliphatic rings. The lowest BCUT2D eigenvalue weighted by Crippen LogP contribution is -2.34. The predicted octanol–water partition coefficient (Wildman–Crippen LogP) is 4.32. The van der Waals surface area contributed by atoms with Crippen LogP contribution in [0.25, 0.3) is 21.6 Å². The van der Waals surface area contributed by atoms with Gasteiger partial charge in [-0.15, -0.1) is 11.3 Å². The van der Waals surface area contributed by atoms with E-state index >= 15 is 0 Å². The average Bonchev–Trinajstić information content (AvgIpc) is 3.05. The first-order valence-corrected chi connectivity index (χ1v) is 10.9. The van der Waals surface area contributed by atoms with Crippen molar-refractivity contribution >= 4 is 27.5 Å². The molecular weight excluding hydrogens is 382 g/mol. The molecule has 0 aliphatic heterocycles. The van der Waals surface area contributed by atoms with Crippen LogP contribution < -0.4 is 11.3 Å². The van der Waals surface area contributed by atoms with Crippen molar-refractivity contribution in [3.8, 4) is 11.4 Å². The van der Waals surface area contributed by atoms with E-state index in [1.54, 1.807) is 18.3 Å². The molecule has 1 aromatic carbocycles. The summed E-state index contributed by atoms with van der Waals surface area (Å²) in [6, 6.07) is 8.76. The van der Waals surface area contributed by atoms with Crippen LogP contribution in [-0.4, -0.2) is 15.5 Å². The first-order valence-electron chi connectivity index (χ1n) is 10.1. The second-order valence-electron chi connectivity index (χ2n) is 9.04. The van der Waals surface area contributed by atoms with Crippen LogP contribution in [0.1, 0.15) is 50.6 Å². The van der Waals surface area contributed by atoms with Crippen LogP contribution in [0.3, 0.4) is 0 Å². The van der Waals surface area contributed by atoms with Gasteiger partial charge < -0.3 is 5.73 Å². The number of thiophene rings is 1. The van der Waals surface area contributed by atoms with Gasteiger partial charge in [0.1, 0.15) is 16.7 Å². The lowest BCUT2D eigenvalue weighted by molar-refractivity contribution is -0.120. The highest BCUT2D eigenvalue weighted by atomic mass is 32.1. The average molecular weight is 410 g/mol. The Morgan fingerprint density at radius 2 is 1.97 bits per heavy atom. The van der Waals surface area contributed by atoms with Gasteiger partial charge in [-0.1, -0.05) is 51.1 Å². The quantitative estimate of drug-likeness (QED) is 0.700. The number of nitrogens with zero attached hydrogens (tertiary/aromatic N) is 2. The molecule has 2 aromatic heterocycles. The number of amides is 1. The minimum absolute atomic E-state index is 0.160. The van der Waals surface area contributed by atoms with Gasteiger partial charge in [-0.25, -0.2) is 4.98 Å². The normalized spacial score (nSPS) is 17.9. The summed E-state index contributed by atoms with van der Waals surface area (Å²) in [5, 5.41) is 0.671. The van der Waals surface area contributed by atoms with Crippen molar-refractivity contribution in [1.29, 1.82) is 0 Å². The fourth-order valence-electron chi connectivity index (χ4n) is 4.25. The maximum atomic E-state index is 13.6. The van der Waals surface area contributed by atoms with Crippen LogP contribution in [0.5, 0.6) is 0 Å². The molecule has 6 heteroatoms. The lowest BCUT2D eigenvalue weighted by Gasteiger charge is -2.33. The maximum absolute atomic E-state index is 13.6. The molecule has 4 rings (SSSR count). The first kappa shape index (κ1) is 19.8. The number of benzene rings is 1. The molecule has 2 unspecified atom stereocenters. The standard InChI is InChI=1S/C23H27N3O2S/c1-13(19(24)27)26-20(14-8-6-5-7-9-14)25-21-18(22(26)28)16-11-10-15(23(2,3)4)12-17(16)29-21/h5-9,13,15H,10-12H2,1-4H3,(H2,24,27). The number of hydrogen-bond acceptors (Lipinski definition) is 4. The van der Waals surface area contributed by atoms with Crippen molar-refractivity contribution in [2.24, 2.45) is 17.1 Å². The SMILES string of the molecule is CC(C(N)=O)n1c(-c2ccccc2)nc2sc3c(c2c1=O)CCC(C(C)(C)C)C3. The molecule has 0 radical (unpaired) electrons. The van der Waals surface area contributed by atoms with E-state index in [1.165, 1.54) is 9.44 Å². The van der Waals surface area contributed by atoms with E-state index < -0.39 is 11.9 Å². The van der Waals surface area contributed by atoms with E-state index in [9.17, 15) is 9.59 Å². The van der Waals surface area contributed by atoms with Crippen LogP contribution in [-0.2, 0) is 17.6 Å². The Labute approximate surface area is 174 Å². The molecule has 152 valence electrons. The topological polar surface area (TPSA) is 78.0 Å². The number of primary amides is 1. The van der Waals surface area contributed by atoms with Gasteiger partial charge in [-0.3, -0.25) is 14.2 Å². The smallest absolute Gasteiger partial charge is 0.263 e. The molecule has 5 nitrogen and oxygen atoms in total. The second-order valence-corrected chi connectivity index (χ2v) is 10.1. The Bertz CT molecular complexity index is 1140. The molecule has 0 fully saturated rings. The number of aryl methyl sites for hydroxylation is 1. The summed E-state index contributed by atoms with van der Waals surface area (Å²) >= 11 is 1.63. The predicted molar refractivity (Wildman–Crippen MR) is 118 cm³/mol. The van der Waals surface area contributed by atoms with E-state index in [4.69, 9.17) is 10.7 Å². The highest BCUT2D eigenvalue weighted by Gasteiger charge is 2.32. The molecule has 29 heavy (non-hydrogen) atoms. The molecule has 1 aliphatic carbocycles. The molecule has 0 saturated carbocycles. The molecular formula is C23H27N3O2S. The summed E-state index contributed by atoms with van der Waals surface area (Å²) in [4.78, 5) is 32.5. The minimum Gasteiger partial charge on any atom is -0.368 e. The number of nitrogens with two attached hydrogens (primary N) is 1. The Morgan fingerprint density at radius 3 is 2.59 bits per heavy atom. The second kappa shape index (κ2) is 7.10. The van der Waals surface area contributed by atoms with Gasteiger partial charge in [0.25, 0.3) is 5.56 Å². The van der Waals surface area contributed by atoms with Crippen molar-refractivity contribution < 1.29 is 4.79 Å². The van der Waals surface area contributed by atoms with Gasteiger partial charge in [0.15, 0.2) is 0 Å². The summed E-state index contributed by atoms with van der Waals surface area (Å²) in [5.41, 5.74) is 7.58. The Hall–Kier alpha value is -2.47. The highest BCUT2D eigenvalue weighted by Crippen LogP contribution is 2.42. The Balaban J connectivity index is 1.97. The number of rotatable bonds is 3. The van der Waals surface area contributed by atoms with Crippen LogP contribution >= 0.6 is 11.3 Å². The maximum Gasteiger partial charge on any atom is 0.263 e. The molecule has 2 heterocycles. The molecule has 0 saturated heterocycles. The van der Waals surface area contributed by atoms with Crippen molar-refractivity contribution in [3.05, 3.63) is 51.1 Å². The van der Waals surface area contributed by atoms with Gasteiger partial charge in [-0.05, 0) is 43.1 Å². The van der Waals surface area contributed by atoms with E-state index in [2.05, 4.69) is 20.8 Å². The largest absolute Gasteiger partial charge is 0.368 e. The first-order chi connectivity index (χ1) is 13.7. The molecule has 1 amide bonds. The van der Waals surface area contributed by atoms with Crippen molar-refractivity contribution in [1.82, 2.24) is 9.55 Å². The number of fused-ring (bicyclic) bond motifs is 3. The summed E-state index contributed by atoms with van der Waals surface area (Å²) < 4.78 is 1.48. The Morgan fingerprint density at radius 1 is 1.28 bits per heavy atom. The number of hydrogen-bond donors (Lipinski definition) is 1. The van der Waals surface area contributed by atoms with Crippen LogP contribution in [0.15, 0.2) is 35.1 Å². The summed E-state index contributed by atoms with van der Waals surface area (Å²) in [6.07, 6.45) is 2.92. The van der Waals surface area contributed by atoms with Gasteiger partial charge >= 0.3 is 0 Å². The van der Waals surface area contributed by atoms with Crippen molar-refractivity contribution in [3.63, 3.8) is 0 Å². The molecule has 2 atom stereocenters. The van der Waals surface area contributed by atoms with Gasteiger partial charge in [0.05, 0.1) is 5.39 Å². The molecule has 3 aromatic rings. The fraction of sp³-hybridized carbons (Fsp3) is 0.435. The summed E-state index contributed by atoms with van der Waals surface area (Å²) in [7, 11) is 0. The molecule has 0 spiro atoms. The molecule has 0 bridgehead atoms. The van der Waals surface area contributed by atoms with E-state index in [0.29, 0.717) is 17.1 Å². The third kappa shape index (κ3) is 3.39. The third-order valence-electron chi connectivity index (χ3n) is 6.17. The van der Waals surface area contributed by atoms with Gasteiger partial charge in [-0.2, -0.15) is 0 Å². The van der Waals surface area contributed by atoms with Crippen LogP contribution in [0, 0.1) is 11.3 Å². The zero-order valence-corrected chi connectivity index (χ0v) is 18.2. The number of carbonyl (C=O) groups excluding carboxylic acids is 1. The third-order valence-corrected chi connectivity index (χ3v) is 7.32. The fourth-order valence-corrected chi connectivity index (χ4v) is 5.54. The van der Waals surface area contributed by atoms with Crippen molar-refractivity contribution in [2.75, 3.05) is 0 Å². The zero-order chi connectivity index (χ0) is 20.9.